The third kappa shape index (κ3) is 4.24. The van der Waals surface area contributed by atoms with Gasteiger partial charge in [0.25, 0.3) is 11.8 Å². The van der Waals surface area contributed by atoms with Crippen molar-refractivity contribution < 1.29 is 23.1 Å². The fourth-order valence-corrected chi connectivity index (χ4v) is 4.39. The average molecular weight is 491 g/mol. The van der Waals surface area contributed by atoms with Crippen molar-refractivity contribution >= 4 is 23.2 Å². The number of fused-ring (bicyclic) bond motifs is 1. The molecular formula is C26H23F2N5O3. The van der Waals surface area contributed by atoms with Gasteiger partial charge in [-0.15, -0.1) is 0 Å². The highest BCUT2D eigenvalue weighted by atomic mass is 19.2. The van der Waals surface area contributed by atoms with E-state index in [4.69, 9.17) is 4.74 Å². The molecule has 5 rings (SSSR count). The minimum absolute atomic E-state index is 0.103. The van der Waals surface area contributed by atoms with Gasteiger partial charge in [0.15, 0.2) is 11.6 Å². The Balaban J connectivity index is 1.50. The van der Waals surface area contributed by atoms with Gasteiger partial charge in [-0.05, 0) is 37.5 Å². The topological polar surface area (TPSA) is 99.3 Å². The van der Waals surface area contributed by atoms with Gasteiger partial charge in [-0.2, -0.15) is 0 Å². The van der Waals surface area contributed by atoms with Crippen molar-refractivity contribution in [3.63, 3.8) is 0 Å². The molecule has 0 bridgehead atoms. The van der Waals surface area contributed by atoms with Crippen LogP contribution < -0.4 is 15.4 Å². The molecule has 2 amide bonds. The Labute approximate surface area is 206 Å². The largest absolute Gasteiger partial charge is 0.489 e. The van der Waals surface area contributed by atoms with E-state index in [9.17, 15) is 18.4 Å². The number of anilines is 2. The molecule has 2 aliphatic heterocycles. The van der Waals surface area contributed by atoms with Crippen LogP contribution >= 0.6 is 0 Å². The lowest BCUT2D eigenvalue weighted by Crippen LogP contribution is -2.53. The molecule has 1 unspecified atom stereocenters. The number of aromatic amines is 1. The number of carbonyl (C=O) groups excluding carboxylic acids is 2. The van der Waals surface area contributed by atoms with E-state index < -0.39 is 11.6 Å². The number of carbonyl (C=O) groups is 2. The maximum Gasteiger partial charge on any atom is 0.298 e. The van der Waals surface area contributed by atoms with Crippen LogP contribution in [0.15, 0.2) is 36.7 Å². The van der Waals surface area contributed by atoms with Crippen molar-refractivity contribution in [1.82, 2.24) is 20.2 Å². The summed E-state index contributed by atoms with van der Waals surface area (Å²) >= 11 is 0. The number of aromatic nitrogens is 2. The molecule has 1 fully saturated rings. The maximum atomic E-state index is 14.5. The normalized spacial score (nSPS) is 16.2. The van der Waals surface area contributed by atoms with Crippen LogP contribution in [0.2, 0.25) is 0 Å². The first-order valence-corrected chi connectivity index (χ1v) is 11.5. The first-order valence-electron chi connectivity index (χ1n) is 11.5. The molecule has 4 heterocycles. The lowest BCUT2D eigenvalue weighted by Gasteiger charge is -2.39. The minimum atomic E-state index is -1.05. The second kappa shape index (κ2) is 9.70. The minimum Gasteiger partial charge on any atom is -0.489 e. The van der Waals surface area contributed by atoms with Crippen molar-refractivity contribution in [3.05, 3.63) is 59.6 Å². The summed E-state index contributed by atoms with van der Waals surface area (Å²) in [5, 5.41) is 5.71. The zero-order valence-electron chi connectivity index (χ0n) is 19.5. The van der Waals surface area contributed by atoms with Crippen LogP contribution in [0.3, 0.4) is 0 Å². The highest BCUT2D eigenvalue weighted by molar-refractivity contribution is 6.06. The maximum absolute atomic E-state index is 14.5. The van der Waals surface area contributed by atoms with Gasteiger partial charge in [0.05, 0.1) is 34.9 Å². The van der Waals surface area contributed by atoms with Gasteiger partial charge in [-0.1, -0.05) is 12.0 Å². The smallest absolute Gasteiger partial charge is 0.298 e. The van der Waals surface area contributed by atoms with E-state index in [0.717, 1.165) is 12.5 Å². The van der Waals surface area contributed by atoms with E-state index in [1.165, 1.54) is 12.1 Å². The van der Waals surface area contributed by atoms with E-state index in [2.05, 4.69) is 32.4 Å². The van der Waals surface area contributed by atoms with E-state index in [1.54, 1.807) is 30.3 Å². The Kier molecular flexibility index (Phi) is 6.29. The highest BCUT2D eigenvalue weighted by Crippen LogP contribution is 2.40. The van der Waals surface area contributed by atoms with Crippen LogP contribution in [0.25, 0.3) is 11.3 Å². The second-order valence-corrected chi connectivity index (χ2v) is 8.46. The molecule has 0 radical (unpaired) electrons. The molecular weight excluding hydrogens is 468 g/mol. The quantitative estimate of drug-likeness (QED) is 0.459. The molecule has 3 N–H and O–H groups in total. The number of hydrogen-bond donors (Lipinski definition) is 3. The molecule has 184 valence electrons. The van der Waals surface area contributed by atoms with Gasteiger partial charge < -0.3 is 25.3 Å². The van der Waals surface area contributed by atoms with E-state index >= 15 is 0 Å². The third-order valence-corrected chi connectivity index (χ3v) is 6.30. The number of likely N-dealkylation sites (tertiary alicyclic amines) is 1. The Hall–Kier alpha value is -4.39. The molecule has 0 aliphatic carbocycles. The Bertz CT molecular complexity index is 1410. The molecule has 3 aromatic rings. The van der Waals surface area contributed by atoms with Crippen LogP contribution in [-0.2, 0) is 11.2 Å². The summed E-state index contributed by atoms with van der Waals surface area (Å²) in [6.07, 6.45) is 4.44. The Morgan fingerprint density at radius 1 is 1.33 bits per heavy atom. The van der Waals surface area contributed by atoms with Gasteiger partial charge in [0.2, 0.25) is 0 Å². The number of pyridine rings is 1. The van der Waals surface area contributed by atoms with Crippen molar-refractivity contribution in [3.8, 4) is 28.8 Å². The lowest BCUT2D eigenvalue weighted by molar-refractivity contribution is -0.133. The number of ether oxygens (including phenoxy) is 1. The third-order valence-electron chi connectivity index (χ3n) is 6.30. The summed E-state index contributed by atoms with van der Waals surface area (Å²) in [6.45, 7) is 2.92. The van der Waals surface area contributed by atoms with Gasteiger partial charge in [0.1, 0.15) is 12.4 Å². The number of nitrogens with one attached hydrogen (secondary N) is 3. The number of amides is 2. The second-order valence-electron chi connectivity index (χ2n) is 8.46. The molecule has 2 aromatic heterocycles. The summed E-state index contributed by atoms with van der Waals surface area (Å²) in [5.74, 6) is 2.96. The van der Waals surface area contributed by atoms with Gasteiger partial charge in [-0.25, -0.2) is 8.78 Å². The predicted octanol–water partition coefficient (Wildman–Crippen LogP) is 3.39. The first-order chi connectivity index (χ1) is 17.5. The monoisotopic (exact) mass is 491 g/mol. The molecule has 8 nitrogen and oxygen atoms in total. The number of halogens is 2. The van der Waals surface area contributed by atoms with Gasteiger partial charge in [-0.3, -0.25) is 14.6 Å². The molecule has 2 aliphatic rings. The number of H-pyrrole nitrogens is 1. The zero-order chi connectivity index (χ0) is 25.2. The molecule has 1 aromatic carbocycles. The predicted molar refractivity (Wildman–Crippen MR) is 129 cm³/mol. The Morgan fingerprint density at radius 2 is 2.19 bits per heavy atom. The molecule has 0 saturated carbocycles. The standard InChI is InChI=1S/C26H23F2N5O3/c1-2-4-21(34)33-12-9-15(33)14-36-20-13-29-10-7-16(20)24-25(22-18(31-24)8-11-30-26(22)35)32-19-6-3-5-17(27)23(19)28/h3,5-7,10,13,15,31-32H,8-9,11-12,14H2,1H3,(H,30,35). The average Bonchev–Trinajstić information content (AvgIpc) is 3.21. The first kappa shape index (κ1) is 23.4. The van der Waals surface area contributed by atoms with Crippen LogP contribution in [0.4, 0.5) is 20.2 Å². The van der Waals surface area contributed by atoms with Crippen molar-refractivity contribution in [2.75, 3.05) is 25.0 Å². The lowest BCUT2D eigenvalue weighted by atomic mass is 10.0. The fraction of sp³-hybridized carbons (Fsp3) is 0.269. The Morgan fingerprint density at radius 3 is 2.97 bits per heavy atom. The molecule has 1 saturated heterocycles. The molecule has 10 heteroatoms. The summed E-state index contributed by atoms with van der Waals surface area (Å²) in [7, 11) is 0. The van der Waals surface area contributed by atoms with Crippen molar-refractivity contribution in [2.45, 2.75) is 25.8 Å². The highest BCUT2D eigenvalue weighted by Gasteiger charge is 2.33. The summed E-state index contributed by atoms with van der Waals surface area (Å²) < 4.78 is 34.5. The van der Waals surface area contributed by atoms with Gasteiger partial charge >= 0.3 is 0 Å². The van der Waals surface area contributed by atoms with Crippen LogP contribution in [0.5, 0.6) is 5.75 Å². The molecule has 0 spiro atoms. The summed E-state index contributed by atoms with van der Waals surface area (Å²) in [6, 6.07) is 5.40. The molecule has 1 atom stereocenters. The van der Waals surface area contributed by atoms with E-state index in [1.807, 2.05) is 0 Å². The summed E-state index contributed by atoms with van der Waals surface area (Å²) in [4.78, 5) is 34.0. The van der Waals surface area contributed by atoms with Crippen molar-refractivity contribution in [1.29, 1.82) is 0 Å². The van der Waals surface area contributed by atoms with Crippen LogP contribution in [0, 0.1) is 23.5 Å². The zero-order valence-corrected chi connectivity index (χ0v) is 19.5. The SMILES string of the molecule is CC#CC(=O)N1CCC1COc1cnccc1-c1[nH]c2c(c1Nc1cccc(F)c1F)C(=O)NCC2. The number of benzene rings is 1. The van der Waals surface area contributed by atoms with Gasteiger partial charge in [0, 0.05) is 37.0 Å². The fourth-order valence-electron chi connectivity index (χ4n) is 4.39. The van der Waals surface area contributed by atoms with Crippen molar-refractivity contribution in [2.24, 2.45) is 0 Å². The van der Waals surface area contributed by atoms with E-state index in [-0.39, 0.29) is 30.2 Å². The van der Waals surface area contributed by atoms with E-state index in [0.29, 0.717) is 53.5 Å². The summed E-state index contributed by atoms with van der Waals surface area (Å²) in [5.41, 5.74) is 2.27. The number of rotatable bonds is 6. The number of nitrogens with zero attached hydrogens (tertiary/aromatic N) is 2. The number of hydrogen-bond acceptors (Lipinski definition) is 5. The van der Waals surface area contributed by atoms with Crippen LogP contribution in [0.1, 0.15) is 29.4 Å². The molecule has 36 heavy (non-hydrogen) atoms. The van der Waals surface area contributed by atoms with Crippen LogP contribution in [-0.4, -0.2) is 52.4 Å².